The van der Waals surface area contributed by atoms with Crippen LogP contribution in [-0.2, 0) is 12.8 Å². The maximum Gasteiger partial charge on any atom is 0.138 e. The molecule has 0 spiro atoms. The standard InChI is InChI=1S/C24H24N4S2.C21H25N3S/c25-20(22-3-1-11-29-22)14-16-5-6-21-18(13-16)19(15-27-21)17-7-9-28(10-8-17)24(26)23-4-2-12-30-23;1-23-16-7-5-15(6-8-16)18-13-24-20-9-4-14(11-17(18)20)12-19(22)21-3-2-10-25-21/h1-6,11-13,15,17,25-27H,7-10,14H2;2-4,9-11,13,15-16,22-24H,5-8,12H2,1H3. The summed E-state index contributed by atoms with van der Waals surface area (Å²) in [5.41, 5.74) is 9.06. The molecule has 2 aromatic carbocycles. The van der Waals surface area contributed by atoms with Crippen molar-refractivity contribution in [3.05, 3.63) is 138 Å². The lowest BCUT2D eigenvalue weighted by Crippen LogP contribution is -2.37. The van der Waals surface area contributed by atoms with E-state index in [0.29, 0.717) is 48.0 Å². The van der Waals surface area contributed by atoms with Gasteiger partial charge in [-0.3, -0.25) is 5.41 Å². The molecule has 0 radical (unpaired) electrons. The summed E-state index contributed by atoms with van der Waals surface area (Å²) in [6.45, 7) is 1.85. The Morgan fingerprint density at radius 1 is 0.636 bits per heavy atom. The van der Waals surface area contributed by atoms with E-state index < -0.39 is 0 Å². The van der Waals surface area contributed by atoms with Crippen LogP contribution in [0.15, 0.2) is 101 Å². The van der Waals surface area contributed by atoms with Crippen LogP contribution in [-0.4, -0.2) is 58.3 Å². The third-order valence-electron chi connectivity index (χ3n) is 11.5. The molecule has 0 amide bonds. The molecule has 1 aliphatic heterocycles. The zero-order valence-corrected chi connectivity index (χ0v) is 33.7. The lowest BCUT2D eigenvalue weighted by Gasteiger charge is -2.33. The number of nitrogens with zero attached hydrogens (tertiary/aromatic N) is 1. The molecule has 6 heterocycles. The molecular weight excluding hydrogens is 735 g/mol. The first-order valence-electron chi connectivity index (χ1n) is 19.4. The average Bonchev–Trinajstić information content (AvgIpc) is 4.08. The zero-order chi connectivity index (χ0) is 37.7. The molecule has 0 atom stereocenters. The monoisotopic (exact) mass is 783 g/mol. The molecule has 2 aliphatic rings. The van der Waals surface area contributed by atoms with Gasteiger partial charge in [0.15, 0.2) is 0 Å². The number of aromatic amines is 2. The van der Waals surface area contributed by atoms with Crippen LogP contribution in [0.4, 0.5) is 0 Å². The number of hydrogen-bond acceptors (Lipinski definition) is 7. The van der Waals surface area contributed by atoms with Crippen molar-refractivity contribution in [3.8, 4) is 0 Å². The van der Waals surface area contributed by atoms with Crippen LogP contribution in [0.3, 0.4) is 0 Å². The molecule has 10 heteroatoms. The molecule has 0 unspecified atom stereocenters. The highest BCUT2D eigenvalue weighted by Gasteiger charge is 2.26. The molecular formula is C45H49N7S3. The Hall–Kier alpha value is -4.61. The number of H-pyrrole nitrogens is 2. The van der Waals surface area contributed by atoms with Crippen LogP contribution in [0, 0.1) is 16.2 Å². The first kappa shape index (κ1) is 37.3. The fourth-order valence-electron chi connectivity index (χ4n) is 8.43. The topological polar surface area (TPSA) is 118 Å². The number of thiophene rings is 3. The second-order valence-corrected chi connectivity index (χ2v) is 17.8. The quantitative estimate of drug-likeness (QED) is 0.0612. The summed E-state index contributed by atoms with van der Waals surface area (Å²) < 4.78 is 0. The van der Waals surface area contributed by atoms with Gasteiger partial charge >= 0.3 is 0 Å². The van der Waals surface area contributed by atoms with E-state index in [1.165, 1.54) is 69.7 Å². The smallest absolute Gasteiger partial charge is 0.138 e. The summed E-state index contributed by atoms with van der Waals surface area (Å²) in [5.74, 6) is 1.83. The SMILES string of the molecule is CNC1CCC(c2c[nH]c3ccc(CC(=N)c4cccs4)cc23)CC1.N=C(Cc1ccc2[nH]cc(C3CCN(C(=N)c4cccs4)CC3)c2c1)c1cccs1. The van der Waals surface area contributed by atoms with Crippen molar-refractivity contribution in [1.29, 1.82) is 16.2 Å². The number of likely N-dealkylation sites (tertiary alicyclic amines) is 1. The predicted molar refractivity (Wildman–Crippen MR) is 235 cm³/mol. The molecule has 6 N–H and O–H groups in total. The minimum absolute atomic E-state index is 0.512. The van der Waals surface area contributed by atoms with E-state index in [-0.39, 0.29) is 0 Å². The van der Waals surface area contributed by atoms with Crippen molar-refractivity contribution in [3.63, 3.8) is 0 Å². The van der Waals surface area contributed by atoms with Crippen molar-refractivity contribution in [1.82, 2.24) is 20.2 Å². The molecule has 1 saturated carbocycles. The Kier molecular flexibility index (Phi) is 11.6. The van der Waals surface area contributed by atoms with Crippen LogP contribution < -0.4 is 5.32 Å². The van der Waals surface area contributed by atoms with Crippen LogP contribution >= 0.6 is 34.0 Å². The lowest BCUT2D eigenvalue weighted by atomic mass is 9.81. The summed E-state index contributed by atoms with van der Waals surface area (Å²) in [6, 6.07) is 26.0. The molecule has 2 fully saturated rings. The minimum Gasteiger partial charge on any atom is -0.361 e. The van der Waals surface area contributed by atoms with E-state index in [1.807, 2.05) is 52.5 Å². The summed E-state index contributed by atoms with van der Waals surface area (Å²) >= 11 is 4.92. The van der Waals surface area contributed by atoms with Gasteiger partial charge in [-0.2, -0.15) is 0 Å². The maximum absolute atomic E-state index is 8.48. The Morgan fingerprint density at radius 3 is 1.56 bits per heavy atom. The highest BCUT2D eigenvalue weighted by molar-refractivity contribution is 7.12. The van der Waals surface area contributed by atoms with Gasteiger partial charge in [0, 0.05) is 75.9 Å². The number of amidine groups is 1. The molecule has 282 valence electrons. The summed E-state index contributed by atoms with van der Waals surface area (Å²) in [4.78, 5) is 12.3. The average molecular weight is 784 g/mol. The number of fused-ring (bicyclic) bond motifs is 2. The third-order valence-corrected chi connectivity index (χ3v) is 14.3. The Balaban J connectivity index is 0.000000158. The second-order valence-electron chi connectivity index (χ2n) is 14.9. The fraction of sp³-hybridized carbons (Fsp3) is 0.311. The number of piperidine rings is 1. The molecule has 0 bridgehead atoms. The molecule has 9 rings (SSSR count). The highest BCUT2D eigenvalue weighted by Crippen LogP contribution is 2.37. The molecule has 1 aliphatic carbocycles. The largest absolute Gasteiger partial charge is 0.361 e. The van der Waals surface area contributed by atoms with Gasteiger partial charge in [-0.05, 0) is 138 Å². The van der Waals surface area contributed by atoms with E-state index in [2.05, 4.69) is 76.0 Å². The summed E-state index contributed by atoms with van der Waals surface area (Å²) in [7, 11) is 2.07. The van der Waals surface area contributed by atoms with Gasteiger partial charge < -0.3 is 31.0 Å². The number of benzene rings is 2. The minimum atomic E-state index is 0.512. The van der Waals surface area contributed by atoms with Crippen LogP contribution in [0.25, 0.3) is 21.8 Å². The van der Waals surface area contributed by atoms with Crippen molar-refractivity contribution < 1.29 is 0 Å². The Morgan fingerprint density at radius 2 is 1.11 bits per heavy atom. The molecule has 5 aromatic heterocycles. The van der Waals surface area contributed by atoms with E-state index in [1.54, 1.807) is 34.0 Å². The van der Waals surface area contributed by atoms with Crippen LogP contribution in [0.5, 0.6) is 0 Å². The van der Waals surface area contributed by atoms with Gasteiger partial charge in [-0.25, -0.2) is 0 Å². The summed E-state index contributed by atoms with van der Waals surface area (Å²) in [6.07, 6.45) is 12.9. The lowest BCUT2D eigenvalue weighted by molar-refractivity contribution is 0.313. The van der Waals surface area contributed by atoms with Gasteiger partial charge in [0.25, 0.3) is 0 Å². The van der Waals surface area contributed by atoms with Gasteiger partial charge in [0.2, 0.25) is 0 Å². The van der Waals surface area contributed by atoms with E-state index in [0.717, 1.165) is 40.6 Å². The number of nitrogens with one attached hydrogen (secondary N) is 6. The molecule has 1 saturated heterocycles. The first-order chi connectivity index (χ1) is 26.9. The van der Waals surface area contributed by atoms with Crippen LogP contribution in [0.2, 0.25) is 0 Å². The zero-order valence-electron chi connectivity index (χ0n) is 31.3. The van der Waals surface area contributed by atoms with Crippen molar-refractivity contribution in [2.45, 2.75) is 69.2 Å². The van der Waals surface area contributed by atoms with E-state index in [9.17, 15) is 0 Å². The van der Waals surface area contributed by atoms with Crippen molar-refractivity contribution in [2.24, 2.45) is 0 Å². The van der Waals surface area contributed by atoms with Gasteiger partial charge in [0.05, 0.1) is 16.3 Å². The van der Waals surface area contributed by atoms with E-state index in [4.69, 9.17) is 16.2 Å². The first-order valence-corrected chi connectivity index (χ1v) is 22.0. The second kappa shape index (κ2) is 17.0. The number of hydrogen-bond donors (Lipinski definition) is 6. The molecule has 7 nitrogen and oxygen atoms in total. The van der Waals surface area contributed by atoms with Gasteiger partial charge in [0.1, 0.15) is 5.84 Å². The van der Waals surface area contributed by atoms with E-state index >= 15 is 0 Å². The Bertz CT molecular complexity index is 2350. The predicted octanol–water partition coefficient (Wildman–Crippen LogP) is 11.2. The highest BCUT2D eigenvalue weighted by atomic mass is 32.1. The normalized spacial score (nSPS) is 17.7. The molecule has 55 heavy (non-hydrogen) atoms. The van der Waals surface area contributed by atoms with Crippen molar-refractivity contribution in [2.75, 3.05) is 20.1 Å². The maximum atomic E-state index is 8.48. The third kappa shape index (κ3) is 8.48. The fourth-order valence-corrected chi connectivity index (χ4v) is 10.5. The van der Waals surface area contributed by atoms with Gasteiger partial charge in [-0.15, -0.1) is 34.0 Å². The van der Waals surface area contributed by atoms with Crippen molar-refractivity contribution >= 4 is 73.1 Å². The molecule has 7 aromatic rings. The van der Waals surface area contributed by atoms with Crippen LogP contribution in [0.1, 0.15) is 87.2 Å². The summed E-state index contributed by atoms with van der Waals surface area (Å²) in [5, 5.41) is 37.4. The number of aromatic nitrogens is 2. The Labute approximate surface area is 335 Å². The van der Waals surface area contributed by atoms with Gasteiger partial charge in [-0.1, -0.05) is 30.3 Å². The number of rotatable bonds is 10.